The summed E-state index contributed by atoms with van der Waals surface area (Å²) in [6.45, 7) is 4.39. The molecule has 1 N–H and O–H groups in total. The highest BCUT2D eigenvalue weighted by molar-refractivity contribution is 5.99. The van der Waals surface area contributed by atoms with Crippen LogP contribution in [0.15, 0.2) is 42.5 Å². The van der Waals surface area contributed by atoms with E-state index >= 15 is 0 Å². The molecule has 1 aliphatic carbocycles. The summed E-state index contributed by atoms with van der Waals surface area (Å²) in [5.74, 6) is -1.14. The number of amides is 3. The largest absolute Gasteiger partial charge is 0.491 e. The predicted molar refractivity (Wildman–Crippen MR) is 137 cm³/mol. The van der Waals surface area contributed by atoms with E-state index < -0.39 is 17.8 Å². The highest BCUT2D eigenvalue weighted by Gasteiger charge is 2.32. The molecule has 1 heterocycles. The first-order chi connectivity index (χ1) is 17.7. The van der Waals surface area contributed by atoms with Crippen LogP contribution in [0.5, 0.6) is 5.75 Å². The van der Waals surface area contributed by atoms with Crippen molar-refractivity contribution in [2.24, 2.45) is 11.8 Å². The Bertz CT molecular complexity index is 1170. The summed E-state index contributed by atoms with van der Waals surface area (Å²) in [5, 5.41) is 2.88. The van der Waals surface area contributed by atoms with Gasteiger partial charge in [0.1, 0.15) is 18.2 Å². The third kappa shape index (κ3) is 6.10. The Morgan fingerprint density at radius 1 is 1.11 bits per heavy atom. The van der Waals surface area contributed by atoms with Crippen LogP contribution in [-0.4, -0.2) is 73.5 Å². The number of fused-ring (bicyclic) bond motifs is 1. The molecular weight excluding hydrogens is 477 g/mol. The SMILES string of the molecule is CO[C@H]1CN(C)C(=O)c2ccc(NC(=O)C3CC3)cc2OC[C@@H](C)N(C(=O)c2ccccc2F)C[C@@H]1C. The molecule has 3 atom stereocenters. The highest BCUT2D eigenvalue weighted by Crippen LogP contribution is 2.32. The molecule has 2 aliphatic rings. The van der Waals surface area contributed by atoms with E-state index in [4.69, 9.17) is 9.47 Å². The summed E-state index contributed by atoms with van der Waals surface area (Å²) in [6, 6.07) is 10.4. The number of benzene rings is 2. The smallest absolute Gasteiger partial charge is 0.257 e. The van der Waals surface area contributed by atoms with Crippen molar-refractivity contribution in [3.05, 3.63) is 59.4 Å². The van der Waals surface area contributed by atoms with E-state index in [1.807, 2.05) is 13.8 Å². The van der Waals surface area contributed by atoms with Gasteiger partial charge in [-0.05, 0) is 44.0 Å². The van der Waals surface area contributed by atoms with Crippen LogP contribution in [0.4, 0.5) is 10.1 Å². The lowest BCUT2D eigenvalue weighted by atomic mass is 10.0. The van der Waals surface area contributed by atoms with E-state index in [0.29, 0.717) is 17.0 Å². The molecule has 1 saturated carbocycles. The van der Waals surface area contributed by atoms with Crippen molar-refractivity contribution in [3.8, 4) is 5.75 Å². The van der Waals surface area contributed by atoms with E-state index in [2.05, 4.69) is 5.32 Å². The lowest BCUT2D eigenvalue weighted by molar-refractivity contribution is -0.117. The van der Waals surface area contributed by atoms with E-state index in [-0.39, 0.29) is 55.0 Å². The monoisotopic (exact) mass is 511 g/mol. The van der Waals surface area contributed by atoms with Crippen molar-refractivity contribution < 1.29 is 28.2 Å². The number of nitrogens with one attached hydrogen (secondary N) is 1. The zero-order valence-corrected chi connectivity index (χ0v) is 21.7. The van der Waals surface area contributed by atoms with Gasteiger partial charge in [-0.2, -0.15) is 0 Å². The van der Waals surface area contributed by atoms with E-state index in [1.54, 1.807) is 54.3 Å². The van der Waals surface area contributed by atoms with Crippen LogP contribution < -0.4 is 10.1 Å². The molecule has 2 aromatic carbocycles. The minimum absolute atomic E-state index is 0.0135. The normalized spacial score (nSPS) is 22.8. The molecule has 4 rings (SSSR count). The molecule has 0 bridgehead atoms. The molecule has 37 heavy (non-hydrogen) atoms. The third-order valence-corrected chi connectivity index (χ3v) is 7.03. The van der Waals surface area contributed by atoms with Crippen LogP contribution >= 0.6 is 0 Å². The Hall–Kier alpha value is -3.46. The maximum Gasteiger partial charge on any atom is 0.257 e. The van der Waals surface area contributed by atoms with Crippen molar-refractivity contribution in [2.75, 3.05) is 39.2 Å². The molecule has 0 saturated heterocycles. The Morgan fingerprint density at radius 2 is 1.84 bits per heavy atom. The number of carbonyl (C=O) groups excluding carboxylic acids is 3. The topological polar surface area (TPSA) is 88.2 Å². The summed E-state index contributed by atoms with van der Waals surface area (Å²) in [4.78, 5) is 42.3. The first-order valence-corrected chi connectivity index (χ1v) is 12.6. The van der Waals surface area contributed by atoms with Crippen molar-refractivity contribution in [1.29, 1.82) is 0 Å². The van der Waals surface area contributed by atoms with Gasteiger partial charge in [-0.3, -0.25) is 14.4 Å². The van der Waals surface area contributed by atoms with Gasteiger partial charge in [0.15, 0.2) is 0 Å². The van der Waals surface area contributed by atoms with Crippen molar-refractivity contribution in [3.63, 3.8) is 0 Å². The second-order valence-corrected chi connectivity index (χ2v) is 10.0. The van der Waals surface area contributed by atoms with Gasteiger partial charge in [-0.15, -0.1) is 0 Å². The fourth-order valence-electron chi connectivity index (χ4n) is 4.51. The maximum atomic E-state index is 14.5. The molecule has 0 spiro atoms. The fraction of sp³-hybridized carbons (Fsp3) is 0.464. The Labute approximate surface area is 216 Å². The van der Waals surface area contributed by atoms with Gasteiger partial charge in [0, 0.05) is 50.8 Å². The third-order valence-electron chi connectivity index (χ3n) is 7.03. The molecule has 198 valence electrons. The molecule has 9 heteroatoms. The average Bonchev–Trinajstić information content (AvgIpc) is 3.73. The van der Waals surface area contributed by atoms with Gasteiger partial charge < -0.3 is 24.6 Å². The molecule has 3 amide bonds. The molecule has 1 fully saturated rings. The molecule has 1 aliphatic heterocycles. The fourth-order valence-corrected chi connectivity index (χ4v) is 4.51. The lowest BCUT2D eigenvalue weighted by Gasteiger charge is -2.36. The van der Waals surface area contributed by atoms with Gasteiger partial charge in [0.25, 0.3) is 11.8 Å². The van der Waals surface area contributed by atoms with Crippen LogP contribution in [-0.2, 0) is 9.53 Å². The van der Waals surface area contributed by atoms with Crippen molar-refractivity contribution in [1.82, 2.24) is 9.80 Å². The van der Waals surface area contributed by atoms with Gasteiger partial charge in [0.2, 0.25) is 5.91 Å². The number of ether oxygens (including phenoxy) is 2. The second-order valence-electron chi connectivity index (χ2n) is 10.0. The average molecular weight is 512 g/mol. The maximum absolute atomic E-state index is 14.5. The Kier molecular flexibility index (Phi) is 8.12. The highest BCUT2D eigenvalue weighted by atomic mass is 19.1. The zero-order chi connectivity index (χ0) is 26.7. The van der Waals surface area contributed by atoms with Crippen molar-refractivity contribution in [2.45, 2.75) is 38.8 Å². The summed E-state index contributed by atoms with van der Waals surface area (Å²) in [6.07, 6.45) is 1.39. The summed E-state index contributed by atoms with van der Waals surface area (Å²) in [7, 11) is 3.26. The van der Waals surface area contributed by atoms with Gasteiger partial charge in [0.05, 0.1) is 23.3 Å². The molecule has 8 nitrogen and oxygen atoms in total. The first kappa shape index (κ1) is 26.6. The van der Waals surface area contributed by atoms with E-state index in [0.717, 1.165) is 12.8 Å². The van der Waals surface area contributed by atoms with Crippen LogP contribution in [0.1, 0.15) is 47.4 Å². The Morgan fingerprint density at radius 3 is 2.51 bits per heavy atom. The van der Waals surface area contributed by atoms with Gasteiger partial charge >= 0.3 is 0 Å². The number of anilines is 1. The number of methoxy groups -OCH3 is 1. The van der Waals surface area contributed by atoms with E-state index in [1.165, 1.54) is 12.1 Å². The number of carbonyl (C=O) groups is 3. The summed E-state index contributed by atoms with van der Waals surface area (Å²) >= 11 is 0. The number of likely N-dealkylation sites (N-methyl/N-ethyl adjacent to an activating group) is 1. The van der Waals surface area contributed by atoms with Crippen molar-refractivity contribution >= 4 is 23.4 Å². The van der Waals surface area contributed by atoms with E-state index in [9.17, 15) is 18.8 Å². The van der Waals surface area contributed by atoms with Crippen LogP contribution in [0.3, 0.4) is 0 Å². The number of nitrogens with zero attached hydrogens (tertiary/aromatic N) is 2. The Balaban J connectivity index is 1.67. The molecule has 2 aromatic rings. The van der Waals surface area contributed by atoms with Crippen LogP contribution in [0.2, 0.25) is 0 Å². The van der Waals surface area contributed by atoms with Gasteiger partial charge in [-0.25, -0.2) is 4.39 Å². The number of hydrogen-bond acceptors (Lipinski definition) is 5. The minimum atomic E-state index is -0.589. The molecule has 0 radical (unpaired) electrons. The predicted octanol–water partition coefficient (Wildman–Crippen LogP) is 3.82. The van der Waals surface area contributed by atoms with Crippen LogP contribution in [0, 0.1) is 17.7 Å². The molecule has 0 unspecified atom stereocenters. The van der Waals surface area contributed by atoms with Gasteiger partial charge in [-0.1, -0.05) is 19.1 Å². The zero-order valence-electron chi connectivity index (χ0n) is 21.7. The first-order valence-electron chi connectivity index (χ1n) is 12.6. The quantitative estimate of drug-likeness (QED) is 0.674. The standard InChI is InChI=1S/C28H34FN3O5/c1-17-14-32(28(35)21-7-5-6-8-23(21)29)18(2)16-37-24-13-20(30-26(33)19-9-10-19)11-12-22(24)27(34)31(3)15-25(17)36-4/h5-8,11-13,17-19,25H,9-10,14-16H2,1-4H3,(H,30,33)/t17-,18+,25-/m0/s1. The minimum Gasteiger partial charge on any atom is -0.491 e. The number of hydrogen-bond donors (Lipinski definition) is 1. The molecule has 0 aromatic heterocycles. The summed E-state index contributed by atoms with van der Waals surface area (Å²) < 4.78 is 26.3. The van der Waals surface area contributed by atoms with Crippen LogP contribution in [0.25, 0.3) is 0 Å². The second kappa shape index (κ2) is 11.3. The number of halogens is 1. The summed E-state index contributed by atoms with van der Waals surface area (Å²) in [5.41, 5.74) is 0.864. The molecular formula is C28H34FN3O5. The number of rotatable bonds is 4. The lowest BCUT2D eigenvalue weighted by Crippen LogP contribution is -2.48.